The van der Waals surface area contributed by atoms with Crippen LogP contribution < -0.4 is 10.1 Å². The van der Waals surface area contributed by atoms with Gasteiger partial charge in [-0.25, -0.2) is 4.79 Å². The predicted octanol–water partition coefficient (Wildman–Crippen LogP) is 4.02. The molecule has 1 rings (SSSR count). The highest BCUT2D eigenvalue weighted by molar-refractivity contribution is 5.68. The Morgan fingerprint density at radius 1 is 1.00 bits per heavy atom. The van der Waals surface area contributed by atoms with Crippen molar-refractivity contribution in [3.63, 3.8) is 0 Å². The first kappa shape index (κ1) is 18.9. The standard InChI is InChI=1S/C13H13F6NO3/c1-8(2)22-10(21)20-11(12(14,15)16,13(17,18)19)23-9-6-4-3-5-7-9/h3-8H,1-2H3,(H,20,21). The van der Waals surface area contributed by atoms with Crippen LogP contribution in [0.3, 0.4) is 0 Å². The molecule has 0 unspecified atom stereocenters. The van der Waals surface area contributed by atoms with Crippen molar-refractivity contribution in [1.29, 1.82) is 0 Å². The van der Waals surface area contributed by atoms with Gasteiger partial charge in [0.1, 0.15) is 5.75 Å². The maximum Gasteiger partial charge on any atom is 0.458 e. The first-order valence-corrected chi connectivity index (χ1v) is 6.25. The lowest BCUT2D eigenvalue weighted by molar-refractivity contribution is -0.365. The van der Waals surface area contributed by atoms with Gasteiger partial charge in [0.15, 0.2) is 0 Å². The second-order valence-corrected chi connectivity index (χ2v) is 4.67. The zero-order valence-corrected chi connectivity index (χ0v) is 12.0. The Balaban J connectivity index is 3.29. The second kappa shape index (κ2) is 6.55. The number of benzene rings is 1. The maximum absolute atomic E-state index is 13.1. The molecular weight excluding hydrogens is 332 g/mol. The molecule has 10 heteroatoms. The van der Waals surface area contributed by atoms with Crippen molar-refractivity contribution in [2.75, 3.05) is 0 Å². The van der Waals surface area contributed by atoms with Crippen LogP contribution in [-0.2, 0) is 4.74 Å². The molecule has 0 aliphatic heterocycles. The van der Waals surface area contributed by atoms with Gasteiger partial charge >= 0.3 is 24.2 Å². The fraction of sp³-hybridized carbons (Fsp3) is 0.462. The molecule has 0 spiro atoms. The largest absolute Gasteiger partial charge is 0.458 e. The predicted molar refractivity (Wildman–Crippen MR) is 66.7 cm³/mol. The van der Waals surface area contributed by atoms with Crippen LogP contribution in [0.25, 0.3) is 0 Å². The van der Waals surface area contributed by atoms with E-state index in [4.69, 9.17) is 0 Å². The summed E-state index contributed by atoms with van der Waals surface area (Å²) in [5.74, 6) is -0.730. The average Bonchev–Trinajstić information content (AvgIpc) is 2.35. The van der Waals surface area contributed by atoms with Crippen LogP contribution in [0.1, 0.15) is 13.8 Å². The summed E-state index contributed by atoms with van der Waals surface area (Å²) in [6.45, 7) is 2.53. The van der Waals surface area contributed by atoms with Crippen LogP contribution in [0, 0.1) is 0 Å². The van der Waals surface area contributed by atoms with Crippen LogP contribution in [0.5, 0.6) is 5.75 Å². The number of alkyl carbamates (subject to hydrolysis) is 1. The van der Waals surface area contributed by atoms with E-state index < -0.39 is 36.0 Å². The molecule has 0 saturated heterocycles. The first-order chi connectivity index (χ1) is 10.4. The normalized spacial score (nSPS) is 12.9. The van der Waals surface area contributed by atoms with Gasteiger partial charge in [-0.15, -0.1) is 0 Å². The van der Waals surface area contributed by atoms with Crippen LogP contribution in [0.15, 0.2) is 30.3 Å². The number of amides is 1. The van der Waals surface area contributed by atoms with Crippen molar-refractivity contribution < 1.29 is 40.6 Å². The van der Waals surface area contributed by atoms with Crippen molar-refractivity contribution in [3.8, 4) is 5.75 Å². The summed E-state index contributed by atoms with van der Waals surface area (Å²) < 4.78 is 87.3. The van der Waals surface area contributed by atoms with Crippen molar-refractivity contribution >= 4 is 6.09 Å². The van der Waals surface area contributed by atoms with Crippen molar-refractivity contribution in [2.45, 2.75) is 38.0 Å². The van der Waals surface area contributed by atoms with Gasteiger partial charge in [0.2, 0.25) is 0 Å². The lowest BCUT2D eigenvalue weighted by atomic mass is 10.2. The second-order valence-electron chi connectivity index (χ2n) is 4.67. The highest BCUT2D eigenvalue weighted by atomic mass is 19.4. The van der Waals surface area contributed by atoms with E-state index in [0.29, 0.717) is 0 Å². The minimum Gasteiger partial charge on any atom is -0.451 e. The van der Waals surface area contributed by atoms with E-state index in [-0.39, 0.29) is 0 Å². The number of carbonyl (C=O) groups is 1. The maximum atomic E-state index is 13.1. The van der Waals surface area contributed by atoms with E-state index in [1.54, 1.807) is 0 Å². The van der Waals surface area contributed by atoms with Gasteiger partial charge in [-0.3, -0.25) is 5.32 Å². The fourth-order valence-electron chi connectivity index (χ4n) is 1.50. The number of rotatable bonds is 4. The number of para-hydroxylation sites is 1. The molecule has 1 amide bonds. The smallest absolute Gasteiger partial charge is 0.451 e. The lowest BCUT2D eigenvalue weighted by Crippen LogP contribution is -2.71. The zero-order chi connectivity index (χ0) is 17.9. The average molecular weight is 345 g/mol. The molecule has 0 atom stereocenters. The number of alkyl halides is 6. The van der Waals surface area contributed by atoms with E-state index >= 15 is 0 Å². The van der Waals surface area contributed by atoms with Gasteiger partial charge in [0.25, 0.3) is 0 Å². The van der Waals surface area contributed by atoms with Crippen molar-refractivity contribution in [3.05, 3.63) is 30.3 Å². The van der Waals surface area contributed by atoms with Gasteiger partial charge < -0.3 is 9.47 Å². The molecule has 1 aromatic rings. The van der Waals surface area contributed by atoms with E-state index in [1.165, 1.54) is 32.0 Å². The molecule has 0 fully saturated rings. The molecule has 1 aromatic carbocycles. The summed E-state index contributed by atoms with van der Waals surface area (Å²) in [5, 5.41) is 0.757. The Morgan fingerprint density at radius 2 is 1.48 bits per heavy atom. The molecule has 4 nitrogen and oxygen atoms in total. The Labute approximate surface area is 127 Å². The van der Waals surface area contributed by atoms with Crippen LogP contribution in [0.2, 0.25) is 0 Å². The van der Waals surface area contributed by atoms with Gasteiger partial charge in [-0.2, -0.15) is 26.3 Å². The fourth-order valence-corrected chi connectivity index (χ4v) is 1.50. The molecule has 0 radical (unpaired) electrons. The number of halogens is 6. The molecule has 0 bridgehead atoms. The summed E-state index contributed by atoms with van der Waals surface area (Å²) in [7, 11) is 0. The molecule has 0 aliphatic carbocycles. The molecule has 0 aromatic heterocycles. The third-order valence-corrected chi connectivity index (χ3v) is 2.43. The van der Waals surface area contributed by atoms with Crippen molar-refractivity contribution in [2.24, 2.45) is 0 Å². The molecule has 130 valence electrons. The van der Waals surface area contributed by atoms with E-state index in [9.17, 15) is 31.1 Å². The summed E-state index contributed by atoms with van der Waals surface area (Å²) in [5.41, 5.74) is -4.94. The number of nitrogens with one attached hydrogen (secondary N) is 1. The SMILES string of the molecule is CC(C)OC(=O)NC(Oc1ccccc1)(C(F)(F)F)C(F)(F)F. The third-order valence-electron chi connectivity index (χ3n) is 2.43. The molecular formula is C13H13F6NO3. The lowest BCUT2D eigenvalue weighted by Gasteiger charge is -2.37. The highest BCUT2D eigenvalue weighted by Gasteiger charge is 2.75. The number of hydrogen-bond acceptors (Lipinski definition) is 3. The van der Waals surface area contributed by atoms with Crippen LogP contribution in [0.4, 0.5) is 31.1 Å². The van der Waals surface area contributed by atoms with Crippen LogP contribution >= 0.6 is 0 Å². The Kier molecular flexibility index (Phi) is 5.39. The van der Waals surface area contributed by atoms with E-state index in [0.717, 1.165) is 17.4 Å². The van der Waals surface area contributed by atoms with E-state index in [1.807, 2.05) is 0 Å². The van der Waals surface area contributed by atoms with Gasteiger partial charge in [0, 0.05) is 0 Å². The van der Waals surface area contributed by atoms with Gasteiger partial charge in [-0.1, -0.05) is 18.2 Å². The third kappa shape index (κ3) is 4.42. The number of carbonyl (C=O) groups excluding carboxylic acids is 1. The molecule has 0 heterocycles. The van der Waals surface area contributed by atoms with Gasteiger partial charge in [-0.05, 0) is 26.0 Å². The molecule has 0 aliphatic rings. The zero-order valence-electron chi connectivity index (χ0n) is 12.0. The molecule has 23 heavy (non-hydrogen) atoms. The Morgan fingerprint density at radius 3 is 1.87 bits per heavy atom. The van der Waals surface area contributed by atoms with E-state index in [2.05, 4.69) is 9.47 Å². The minimum absolute atomic E-state index is 0.730. The molecule has 0 saturated carbocycles. The number of ether oxygens (including phenoxy) is 2. The Hall–Kier alpha value is -2.13. The summed E-state index contributed by atoms with van der Waals surface area (Å²) >= 11 is 0. The number of hydrogen-bond donors (Lipinski definition) is 1. The Bertz CT molecular complexity index is 513. The summed E-state index contributed by atoms with van der Waals surface area (Å²) in [6.07, 6.45) is -14.8. The topological polar surface area (TPSA) is 47.6 Å². The molecule has 1 N–H and O–H groups in total. The summed E-state index contributed by atoms with van der Waals surface area (Å²) in [6, 6.07) is 5.51. The first-order valence-electron chi connectivity index (χ1n) is 6.25. The monoisotopic (exact) mass is 345 g/mol. The van der Waals surface area contributed by atoms with Crippen LogP contribution in [-0.4, -0.2) is 30.3 Å². The summed E-state index contributed by atoms with van der Waals surface area (Å²) in [4.78, 5) is 11.3. The van der Waals surface area contributed by atoms with Crippen molar-refractivity contribution in [1.82, 2.24) is 5.32 Å². The highest BCUT2D eigenvalue weighted by Crippen LogP contribution is 2.44. The minimum atomic E-state index is -5.99. The van der Waals surface area contributed by atoms with Gasteiger partial charge in [0.05, 0.1) is 6.10 Å². The quantitative estimate of drug-likeness (QED) is 0.662.